The summed E-state index contributed by atoms with van der Waals surface area (Å²) >= 11 is 0. The van der Waals surface area contributed by atoms with Gasteiger partial charge in [0, 0.05) is 12.5 Å². The van der Waals surface area contributed by atoms with Crippen LogP contribution in [0, 0.1) is 0 Å². The molecule has 1 unspecified atom stereocenters. The highest BCUT2D eigenvalue weighted by Crippen LogP contribution is 2.32. The Bertz CT molecular complexity index is 985. The molecule has 0 saturated carbocycles. The summed E-state index contributed by atoms with van der Waals surface area (Å²) in [4.78, 5) is 22.7. The van der Waals surface area contributed by atoms with Crippen LogP contribution in [0.25, 0.3) is 0 Å². The maximum absolute atomic E-state index is 11.7. The van der Waals surface area contributed by atoms with Crippen molar-refractivity contribution < 1.29 is 29.3 Å². The zero-order valence-electron chi connectivity index (χ0n) is 16.2. The average molecular weight is 406 g/mol. The van der Waals surface area contributed by atoms with E-state index in [0.717, 1.165) is 11.1 Å². The smallest absolute Gasteiger partial charge is 0.339 e. The molecule has 3 aromatic carbocycles. The second-order valence-electron chi connectivity index (χ2n) is 6.69. The van der Waals surface area contributed by atoms with Gasteiger partial charge < -0.3 is 19.7 Å². The lowest BCUT2D eigenvalue weighted by Crippen LogP contribution is -2.12. The Kier molecular flexibility index (Phi) is 7.05. The van der Waals surface area contributed by atoms with Gasteiger partial charge in [0.15, 0.2) is 0 Å². The van der Waals surface area contributed by atoms with Gasteiger partial charge in [0.1, 0.15) is 29.8 Å². The molecule has 0 heterocycles. The van der Waals surface area contributed by atoms with E-state index in [0.29, 0.717) is 12.4 Å². The van der Waals surface area contributed by atoms with Gasteiger partial charge in [-0.2, -0.15) is 0 Å². The summed E-state index contributed by atoms with van der Waals surface area (Å²) in [6.07, 6.45) is -0.510. The standard InChI is InChI=1S/C24H22O6/c25-23(26)14-13-21(18-9-5-2-6-10-18)30-22-15-19(11-12-20(22)24(27)28)29-16-17-7-3-1-4-8-17/h1-12,15,21H,13-14,16H2,(H,25,26)(H,27,28). The highest BCUT2D eigenvalue weighted by molar-refractivity contribution is 5.91. The van der Waals surface area contributed by atoms with Gasteiger partial charge in [-0.25, -0.2) is 4.79 Å². The molecule has 0 aliphatic rings. The molecule has 0 aliphatic heterocycles. The zero-order valence-corrected chi connectivity index (χ0v) is 16.2. The third kappa shape index (κ3) is 5.85. The number of hydrogen-bond acceptors (Lipinski definition) is 4. The summed E-state index contributed by atoms with van der Waals surface area (Å²) in [5, 5.41) is 18.6. The number of ether oxygens (including phenoxy) is 2. The summed E-state index contributed by atoms with van der Waals surface area (Å²) in [5.74, 6) is -1.49. The van der Waals surface area contributed by atoms with Crippen LogP contribution < -0.4 is 9.47 Å². The molecule has 0 saturated heterocycles. The second-order valence-corrected chi connectivity index (χ2v) is 6.69. The SMILES string of the molecule is O=C(O)CCC(Oc1cc(OCc2ccccc2)ccc1C(=O)O)c1ccccc1. The molecule has 0 fully saturated rings. The van der Waals surface area contributed by atoms with Gasteiger partial charge in [0.25, 0.3) is 0 Å². The maximum atomic E-state index is 11.7. The van der Waals surface area contributed by atoms with Crippen molar-refractivity contribution in [3.63, 3.8) is 0 Å². The van der Waals surface area contributed by atoms with Crippen molar-refractivity contribution >= 4 is 11.9 Å². The summed E-state index contributed by atoms with van der Waals surface area (Å²) in [6.45, 7) is 0.327. The quantitative estimate of drug-likeness (QED) is 0.495. The minimum atomic E-state index is -1.13. The molecular weight excluding hydrogens is 384 g/mol. The van der Waals surface area contributed by atoms with Crippen LogP contribution in [0.4, 0.5) is 0 Å². The highest BCUT2D eigenvalue weighted by atomic mass is 16.5. The van der Waals surface area contributed by atoms with E-state index in [1.165, 1.54) is 12.1 Å². The normalized spacial score (nSPS) is 11.5. The van der Waals surface area contributed by atoms with Crippen LogP contribution in [0.3, 0.4) is 0 Å². The van der Waals surface area contributed by atoms with Crippen molar-refractivity contribution in [2.24, 2.45) is 0 Å². The Morgan fingerprint density at radius 3 is 2.17 bits per heavy atom. The molecule has 6 heteroatoms. The van der Waals surface area contributed by atoms with Gasteiger partial charge in [0.05, 0.1) is 0 Å². The first-order chi connectivity index (χ1) is 14.5. The third-order valence-corrected chi connectivity index (χ3v) is 4.49. The van der Waals surface area contributed by atoms with E-state index in [-0.39, 0.29) is 24.2 Å². The van der Waals surface area contributed by atoms with E-state index in [1.54, 1.807) is 6.07 Å². The van der Waals surface area contributed by atoms with Crippen molar-refractivity contribution in [2.45, 2.75) is 25.6 Å². The van der Waals surface area contributed by atoms with E-state index in [1.807, 2.05) is 60.7 Å². The van der Waals surface area contributed by atoms with Crippen LogP contribution in [-0.2, 0) is 11.4 Å². The molecule has 0 bridgehead atoms. The molecule has 3 aromatic rings. The van der Waals surface area contributed by atoms with Gasteiger partial charge in [-0.15, -0.1) is 0 Å². The molecule has 0 amide bonds. The number of carbonyl (C=O) groups is 2. The fraction of sp³-hybridized carbons (Fsp3) is 0.167. The summed E-state index contributed by atoms with van der Waals surface area (Å²) in [7, 11) is 0. The lowest BCUT2D eigenvalue weighted by Gasteiger charge is -2.21. The van der Waals surface area contributed by atoms with Crippen LogP contribution in [0.15, 0.2) is 78.9 Å². The largest absolute Gasteiger partial charge is 0.489 e. The number of carboxylic acids is 2. The molecule has 2 N–H and O–H groups in total. The van der Waals surface area contributed by atoms with Crippen LogP contribution in [0.2, 0.25) is 0 Å². The van der Waals surface area contributed by atoms with E-state index >= 15 is 0 Å². The predicted molar refractivity (Wildman–Crippen MR) is 111 cm³/mol. The first kappa shape index (κ1) is 20.9. The van der Waals surface area contributed by atoms with Crippen LogP contribution in [0.5, 0.6) is 11.5 Å². The van der Waals surface area contributed by atoms with Crippen molar-refractivity contribution in [2.75, 3.05) is 0 Å². The van der Waals surface area contributed by atoms with Crippen molar-refractivity contribution in [3.8, 4) is 11.5 Å². The van der Waals surface area contributed by atoms with Crippen molar-refractivity contribution in [3.05, 3.63) is 95.6 Å². The lowest BCUT2D eigenvalue weighted by molar-refractivity contribution is -0.137. The number of aromatic carboxylic acids is 1. The van der Waals surface area contributed by atoms with Gasteiger partial charge in [-0.05, 0) is 29.7 Å². The molecule has 0 aliphatic carbocycles. The molecule has 0 spiro atoms. The van der Waals surface area contributed by atoms with Gasteiger partial charge in [-0.1, -0.05) is 60.7 Å². The number of aliphatic carboxylic acids is 1. The predicted octanol–water partition coefficient (Wildman–Crippen LogP) is 4.95. The van der Waals surface area contributed by atoms with Gasteiger partial charge in [0.2, 0.25) is 0 Å². The van der Waals surface area contributed by atoms with Crippen LogP contribution >= 0.6 is 0 Å². The van der Waals surface area contributed by atoms with Gasteiger partial charge in [-0.3, -0.25) is 4.79 Å². The van der Waals surface area contributed by atoms with Gasteiger partial charge >= 0.3 is 11.9 Å². The first-order valence-electron chi connectivity index (χ1n) is 9.50. The summed E-state index contributed by atoms with van der Waals surface area (Å²) < 4.78 is 11.8. The third-order valence-electron chi connectivity index (χ3n) is 4.49. The van der Waals surface area contributed by atoms with E-state index in [2.05, 4.69) is 0 Å². The topological polar surface area (TPSA) is 93.1 Å². The molecule has 6 nitrogen and oxygen atoms in total. The molecule has 3 rings (SSSR count). The fourth-order valence-electron chi connectivity index (χ4n) is 2.98. The maximum Gasteiger partial charge on any atom is 0.339 e. The van der Waals surface area contributed by atoms with Crippen LogP contribution in [-0.4, -0.2) is 22.2 Å². The minimum Gasteiger partial charge on any atom is -0.489 e. The molecule has 0 aromatic heterocycles. The lowest BCUT2D eigenvalue weighted by atomic mass is 10.0. The Labute approximate surface area is 174 Å². The van der Waals surface area contributed by atoms with E-state index in [4.69, 9.17) is 14.6 Å². The number of benzene rings is 3. The van der Waals surface area contributed by atoms with E-state index < -0.39 is 18.0 Å². The molecule has 1 atom stereocenters. The second kappa shape index (κ2) is 10.1. The summed E-state index contributed by atoms with van der Waals surface area (Å²) in [5.41, 5.74) is 1.73. The van der Waals surface area contributed by atoms with Crippen molar-refractivity contribution in [1.82, 2.24) is 0 Å². The van der Waals surface area contributed by atoms with Crippen LogP contribution in [0.1, 0.15) is 40.4 Å². The molecule has 0 radical (unpaired) electrons. The minimum absolute atomic E-state index is 0.0154. The zero-order chi connectivity index (χ0) is 21.3. The Hall–Kier alpha value is -3.80. The molecule has 30 heavy (non-hydrogen) atoms. The monoisotopic (exact) mass is 406 g/mol. The first-order valence-corrected chi connectivity index (χ1v) is 9.50. The Morgan fingerprint density at radius 1 is 0.867 bits per heavy atom. The Balaban J connectivity index is 1.84. The molecule has 154 valence electrons. The summed E-state index contributed by atoms with van der Waals surface area (Å²) in [6, 6.07) is 23.3. The van der Waals surface area contributed by atoms with Crippen molar-refractivity contribution in [1.29, 1.82) is 0 Å². The van der Waals surface area contributed by atoms with E-state index in [9.17, 15) is 14.7 Å². The Morgan fingerprint density at radius 2 is 1.53 bits per heavy atom. The molecular formula is C24H22O6. The average Bonchev–Trinajstić information content (AvgIpc) is 2.76. The highest BCUT2D eigenvalue weighted by Gasteiger charge is 2.20. The number of carboxylic acid groups (broad SMARTS) is 2. The number of rotatable bonds is 10. The fourth-order valence-corrected chi connectivity index (χ4v) is 2.98. The number of hydrogen-bond donors (Lipinski definition) is 2.